The predicted molar refractivity (Wildman–Crippen MR) is 93.5 cm³/mol. The van der Waals surface area contributed by atoms with Gasteiger partial charge in [0.25, 0.3) is 10.0 Å². The SMILES string of the molecule is Cc1cc(C(C)(C)C)cc(S(=O)(=O)Nc2ccc(O)cc2)c1C. The number of nitrogens with one attached hydrogen (secondary N) is 1. The molecule has 2 rings (SSSR count). The van der Waals surface area contributed by atoms with Crippen LogP contribution in [0.25, 0.3) is 0 Å². The molecule has 0 spiro atoms. The summed E-state index contributed by atoms with van der Waals surface area (Å²) in [7, 11) is -3.69. The molecule has 124 valence electrons. The molecule has 5 heteroatoms. The molecule has 0 heterocycles. The number of aromatic hydroxyl groups is 1. The van der Waals surface area contributed by atoms with Crippen LogP contribution >= 0.6 is 0 Å². The van der Waals surface area contributed by atoms with Crippen LogP contribution in [-0.2, 0) is 15.4 Å². The fraction of sp³-hybridized carbons (Fsp3) is 0.333. The number of benzene rings is 2. The second-order valence-corrected chi connectivity index (χ2v) is 8.47. The van der Waals surface area contributed by atoms with Crippen LogP contribution in [-0.4, -0.2) is 13.5 Å². The van der Waals surface area contributed by atoms with Crippen molar-refractivity contribution in [3.05, 3.63) is 53.1 Å². The van der Waals surface area contributed by atoms with Crippen LogP contribution in [0.2, 0.25) is 0 Å². The van der Waals surface area contributed by atoms with Crippen molar-refractivity contribution in [3.8, 4) is 5.75 Å². The van der Waals surface area contributed by atoms with E-state index in [2.05, 4.69) is 25.5 Å². The highest BCUT2D eigenvalue weighted by Gasteiger charge is 2.23. The summed E-state index contributed by atoms with van der Waals surface area (Å²) < 4.78 is 28.1. The lowest BCUT2D eigenvalue weighted by Gasteiger charge is -2.22. The minimum absolute atomic E-state index is 0.0923. The van der Waals surface area contributed by atoms with Crippen molar-refractivity contribution in [1.82, 2.24) is 0 Å². The normalized spacial score (nSPS) is 12.2. The van der Waals surface area contributed by atoms with Crippen LogP contribution in [0.4, 0.5) is 5.69 Å². The molecule has 0 bridgehead atoms. The molecule has 2 N–H and O–H groups in total. The number of hydrogen-bond acceptors (Lipinski definition) is 3. The van der Waals surface area contributed by atoms with E-state index in [1.54, 1.807) is 6.07 Å². The van der Waals surface area contributed by atoms with Gasteiger partial charge < -0.3 is 5.11 Å². The van der Waals surface area contributed by atoms with E-state index in [-0.39, 0.29) is 16.1 Å². The highest BCUT2D eigenvalue weighted by molar-refractivity contribution is 7.92. The highest BCUT2D eigenvalue weighted by atomic mass is 32.2. The van der Waals surface area contributed by atoms with Gasteiger partial charge in [-0.05, 0) is 66.3 Å². The molecule has 0 atom stereocenters. The van der Waals surface area contributed by atoms with E-state index >= 15 is 0 Å². The molecule has 0 saturated heterocycles. The number of phenols is 1. The molecule has 0 saturated carbocycles. The van der Waals surface area contributed by atoms with Crippen LogP contribution < -0.4 is 4.72 Å². The molecule has 0 radical (unpaired) electrons. The van der Waals surface area contributed by atoms with E-state index in [9.17, 15) is 13.5 Å². The zero-order valence-electron chi connectivity index (χ0n) is 14.1. The first-order valence-electron chi connectivity index (χ1n) is 7.44. The number of rotatable bonds is 3. The van der Waals surface area contributed by atoms with Gasteiger partial charge in [-0.15, -0.1) is 0 Å². The number of hydrogen-bond donors (Lipinski definition) is 2. The van der Waals surface area contributed by atoms with Gasteiger partial charge in [0.15, 0.2) is 0 Å². The Balaban J connectivity index is 2.50. The van der Waals surface area contributed by atoms with Crippen molar-refractivity contribution in [2.75, 3.05) is 4.72 Å². The van der Waals surface area contributed by atoms with E-state index in [1.165, 1.54) is 24.3 Å². The summed E-state index contributed by atoms with van der Waals surface area (Å²) in [6.45, 7) is 9.90. The van der Waals surface area contributed by atoms with E-state index in [1.807, 2.05) is 19.9 Å². The van der Waals surface area contributed by atoms with E-state index < -0.39 is 10.0 Å². The lowest BCUT2D eigenvalue weighted by atomic mass is 9.85. The Morgan fingerprint density at radius 1 is 1.00 bits per heavy atom. The largest absolute Gasteiger partial charge is 0.508 e. The molecule has 0 aliphatic carbocycles. The predicted octanol–water partition coefficient (Wildman–Crippen LogP) is 4.11. The molecule has 23 heavy (non-hydrogen) atoms. The zero-order chi connectivity index (χ0) is 17.4. The van der Waals surface area contributed by atoms with Gasteiger partial charge in [-0.1, -0.05) is 26.8 Å². The molecule has 4 nitrogen and oxygen atoms in total. The van der Waals surface area contributed by atoms with Gasteiger partial charge in [0.1, 0.15) is 5.75 Å². The third-order valence-electron chi connectivity index (χ3n) is 3.89. The summed E-state index contributed by atoms with van der Waals surface area (Å²) in [5, 5.41) is 9.30. The first-order chi connectivity index (χ1) is 10.5. The monoisotopic (exact) mass is 333 g/mol. The van der Waals surface area contributed by atoms with E-state index in [0.29, 0.717) is 5.69 Å². The molecule has 0 amide bonds. The minimum Gasteiger partial charge on any atom is -0.508 e. The van der Waals surface area contributed by atoms with Crippen molar-refractivity contribution >= 4 is 15.7 Å². The lowest BCUT2D eigenvalue weighted by Crippen LogP contribution is -2.18. The Hall–Kier alpha value is -2.01. The Morgan fingerprint density at radius 2 is 1.57 bits per heavy atom. The third kappa shape index (κ3) is 3.85. The van der Waals surface area contributed by atoms with Gasteiger partial charge in [-0.25, -0.2) is 8.42 Å². The van der Waals surface area contributed by atoms with Gasteiger partial charge in [-0.2, -0.15) is 0 Å². The standard InChI is InChI=1S/C18H23NO3S/c1-12-10-14(18(3,4)5)11-17(13(12)2)23(21,22)19-15-6-8-16(20)9-7-15/h6-11,19-20H,1-5H3. The van der Waals surface area contributed by atoms with Crippen molar-refractivity contribution in [1.29, 1.82) is 0 Å². The second kappa shape index (κ2) is 5.89. The molecule has 2 aromatic carbocycles. The summed E-state index contributed by atoms with van der Waals surface area (Å²) in [6.07, 6.45) is 0. The number of phenolic OH excluding ortho intramolecular Hbond substituents is 1. The van der Waals surface area contributed by atoms with Gasteiger partial charge in [0.05, 0.1) is 4.90 Å². The average molecular weight is 333 g/mol. The number of anilines is 1. The fourth-order valence-electron chi connectivity index (χ4n) is 2.28. The quantitative estimate of drug-likeness (QED) is 0.831. The molecule has 0 fully saturated rings. The summed E-state index contributed by atoms with van der Waals surface area (Å²) in [6, 6.07) is 9.73. The van der Waals surface area contributed by atoms with Gasteiger partial charge >= 0.3 is 0 Å². The average Bonchev–Trinajstić information content (AvgIpc) is 2.42. The second-order valence-electron chi connectivity index (χ2n) is 6.82. The maximum atomic E-state index is 12.8. The molecular weight excluding hydrogens is 310 g/mol. The Kier molecular flexibility index (Phi) is 4.44. The Bertz CT molecular complexity index is 817. The van der Waals surface area contributed by atoms with Crippen LogP contribution in [0.3, 0.4) is 0 Å². The maximum absolute atomic E-state index is 12.8. The summed E-state index contributed by atoms with van der Waals surface area (Å²) >= 11 is 0. The Labute approximate surface area is 138 Å². The van der Waals surface area contributed by atoms with Crippen molar-refractivity contribution in [3.63, 3.8) is 0 Å². The summed E-state index contributed by atoms with van der Waals surface area (Å²) in [4.78, 5) is 0.288. The Morgan fingerprint density at radius 3 is 2.09 bits per heavy atom. The number of aryl methyl sites for hydroxylation is 1. The van der Waals surface area contributed by atoms with Crippen LogP contribution in [0, 0.1) is 13.8 Å². The number of sulfonamides is 1. The zero-order valence-corrected chi connectivity index (χ0v) is 15.0. The van der Waals surface area contributed by atoms with Crippen LogP contribution in [0.15, 0.2) is 41.3 Å². The fourth-order valence-corrected chi connectivity index (χ4v) is 3.68. The highest BCUT2D eigenvalue weighted by Crippen LogP contribution is 2.30. The molecule has 0 aliphatic rings. The van der Waals surface area contributed by atoms with Crippen LogP contribution in [0.1, 0.15) is 37.5 Å². The molecular formula is C18H23NO3S. The minimum atomic E-state index is -3.69. The first kappa shape index (κ1) is 17.3. The van der Waals surface area contributed by atoms with E-state index in [4.69, 9.17) is 0 Å². The lowest BCUT2D eigenvalue weighted by molar-refractivity contribution is 0.475. The first-order valence-corrected chi connectivity index (χ1v) is 8.92. The van der Waals surface area contributed by atoms with Crippen molar-refractivity contribution in [2.24, 2.45) is 0 Å². The van der Waals surface area contributed by atoms with E-state index in [0.717, 1.165) is 16.7 Å². The molecule has 0 aromatic heterocycles. The summed E-state index contributed by atoms with van der Waals surface area (Å²) in [5.41, 5.74) is 2.95. The molecule has 0 aliphatic heterocycles. The van der Waals surface area contributed by atoms with Gasteiger partial charge in [0, 0.05) is 5.69 Å². The van der Waals surface area contributed by atoms with Crippen LogP contribution in [0.5, 0.6) is 5.75 Å². The van der Waals surface area contributed by atoms with Gasteiger partial charge in [0.2, 0.25) is 0 Å². The third-order valence-corrected chi connectivity index (χ3v) is 5.40. The molecule has 0 unspecified atom stereocenters. The maximum Gasteiger partial charge on any atom is 0.262 e. The summed E-state index contributed by atoms with van der Waals surface area (Å²) in [5.74, 6) is 0.0923. The van der Waals surface area contributed by atoms with Gasteiger partial charge in [-0.3, -0.25) is 4.72 Å². The topological polar surface area (TPSA) is 66.4 Å². The molecule has 2 aromatic rings. The smallest absolute Gasteiger partial charge is 0.262 e. The van der Waals surface area contributed by atoms with Crippen molar-refractivity contribution in [2.45, 2.75) is 44.9 Å². The van der Waals surface area contributed by atoms with Crippen molar-refractivity contribution < 1.29 is 13.5 Å².